The first-order chi connectivity index (χ1) is 14.4. The van der Waals surface area contributed by atoms with E-state index in [1.165, 1.54) is 6.42 Å². The molecular weight excluding hydrogens is 394 g/mol. The lowest BCUT2D eigenvalue weighted by Crippen LogP contribution is -2.43. The van der Waals surface area contributed by atoms with Gasteiger partial charge in [0.25, 0.3) is 5.91 Å². The SMILES string of the molecule is CC(C)C(=O)N1CCCCC[C@H]1Cc1c(C(=O)NCCN(C)C)sc2ccccc12. The van der Waals surface area contributed by atoms with E-state index < -0.39 is 0 Å². The third-order valence-electron chi connectivity index (χ3n) is 5.84. The molecule has 2 amide bonds. The van der Waals surface area contributed by atoms with Gasteiger partial charge in [-0.3, -0.25) is 9.59 Å². The van der Waals surface area contributed by atoms with Crippen LogP contribution in [0.25, 0.3) is 10.1 Å². The maximum absolute atomic E-state index is 13.1. The third kappa shape index (κ3) is 5.41. The van der Waals surface area contributed by atoms with Crippen LogP contribution in [0.15, 0.2) is 24.3 Å². The Morgan fingerprint density at radius 1 is 1.20 bits per heavy atom. The van der Waals surface area contributed by atoms with Crippen LogP contribution in [-0.4, -0.2) is 61.4 Å². The summed E-state index contributed by atoms with van der Waals surface area (Å²) in [7, 11) is 4.01. The van der Waals surface area contributed by atoms with E-state index in [4.69, 9.17) is 0 Å². The highest BCUT2D eigenvalue weighted by Crippen LogP contribution is 2.34. The lowest BCUT2D eigenvalue weighted by molar-refractivity contribution is -0.136. The van der Waals surface area contributed by atoms with Gasteiger partial charge < -0.3 is 15.1 Å². The van der Waals surface area contributed by atoms with Crippen molar-refractivity contribution in [2.75, 3.05) is 33.7 Å². The molecule has 0 bridgehead atoms. The summed E-state index contributed by atoms with van der Waals surface area (Å²) in [6.07, 6.45) is 5.13. The molecule has 2 aromatic rings. The summed E-state index contributed by atoms with van der Waals surface area (Å²) in [5, 5.41) is 4.24. The highest BCUT2D eigenvalue weighted by Gasteiger charge is 2.29. The number of thiophene rings is 1. The highest BCUT2D eigenvalue weighted by atomic mass is 32.1. The zero-order valence-electron chi connectivity index (χ0n) is 18.7. The molecule has 164 valence electrons. The van der Waals surface area contributed by atoms with Crippen molar-refractivity contribution in [1.29, 1.82) is 0 Å². The van der Waals surface area contributed by atoms with E-state index in [2.05, 4.69) is 27.2 Å². The first-order valence-corrected chi connectivity index (χ1v) is 11.9. The number of hydrogen-bond donors (Lipinski definition) is 1. The van der Waals surface area contributed by atoms with Gasteiger partial charge in [0.2, 0.25) is 5.91 Å². The Hall–Kier alpha value is -1.92. The van der Waals surface area contributed by atoms with E-state index in [1.54, 1.807) is 11.3 Å². The van der Waals surface area contributed by atoms with Gasteiger partial charge in [-0.25, -0.2) is 0 Å². The Morgan fingerprint density at radius 3 is 2.70 bits per heavy atom. The molecule has 6 heteroatoms. The van der Waals surface area contributed by atoms with E-state index in [0.717, 1.165) is 59.3 Å². The molecule has 1 aromatic carbocycles. The van der Waals surface area contributed by atoms with Crippen LogP contribution in [0.2, 0.25) is 0 Å². The maximum atomic E-state index is 13.1. The van der Waals surface area contributed by atoms with Gasteiger partial charge in [-0.1, -0.05) is 44.9 Å². The van der Waals surface area contributed by atoms with Crippen molar-refractivity contribution >= 4 is 33.2 Å². The summed E-state index contributed by atoms with van der Waals surface area (Å²) in [5.41, 5.74) is 1.10. The molecule has 1 saturated heterocycles. The predicted octanol–water partition coefficient (Wildman–Crippen LogP) is 4.16. The fourth-order valence-electron chi connectivity index (χ4n) is 4.21. The smallest absolute Gasteiger partial charge is 0.261 e. The fourth-order valence-corrected chi connectivity index (χ4v) is 5.35. The zero-order valence-corrected chi connectivity index (χ0v) is 19.6. The molecule has 1 aliphatic rings. The molecule has 0 radical (unpaired) electrons. The van der Waals surface area contributed by atoms with Gasteiger partial charge in [-0.05, 0) is 50.4 Å². The molecule has 30 heavy (non-hydrogen) atoms. The second-order valence-electron chi connectivity index (χ2n) is 8.86. The number of benzene rings is 1. The lowest BCUT2D eigenvalue weighted by Gasteiger charge is -2.32. The summed E-state index contributed by atoms with van der Waals surface area (Å²) in [4.78, 5) is 30.9. The Balaban J connectivity index is 1.91. The van der Waals surface area contributed by atoms with Crippen molar-refractivity contribution in [3.05, 3.63) is 34.7 Å². The first kappa shape index (κ1) is 22.8. The number of hydrogen-bond acceptors (Lipinski definition) is 4. The molecular formula is C24H35N3O2S. The molecule has 0 unspecified atom stereocenters. The standard InChI is InChI=1S/C24H35N3O2S/c1-17(2)24(29)27-14-9-5-6-10-18(27)16-20-19-11-7-8-12-21(19)30-22(20)23(28)25-13-15-26(3)4/h7-8,11-12,17-18H,5-6,9-10,13-16H2,1-4H3,(H,25,28)/t18-/m0/s1. The van der Waals surface area contributed by atoms with Gasteiger partial charge in [0.15, 0.2) is 0 Å². The maximum Gasteiger partial charge on any atom is 0.261 e. The van der Waals surface area contributed by atoms with Crippen molar-refractivity contribution in [2.45, 2.75) is 52.0 Å². The molecule has 1 atom stereocenters. The summed E-state index contributed by atoms with van der Waals surface area (Å²) >= 11 is 1.57. The third-order valence-corrected chi connectivity index (χ3v) is 7.05. The predicted molar refractivity (Wildman–Crippen MR) is 125 cm³/mol. The van der Waals surface area contributed by atoms with Crippen LogP contribution >= 0.6 is 11.3 Å². The Bertz CT molecular complexity index is 874. The number of carbonyl (C=O) groups excluding carboxylic acids is 2. The van der Waals surface area contributed by atoms with Gasteiger partial charge in [0.05, 0.1) is 4.88 Å². The zero-order chi connectivity index (χ0) is 21.7. The number of carbonyl (C=O) groups is 2. The van der Waals surface area contributed by atoms with E-state index in [9.17, 15) is 9.59 Å². The fraction of sp³-hybridized carbons (Fsp3) is 0.583. The van der Waals surface area contributed by atoms with Gasteiger partial charge >= 0.3 is 0 Å². The number of amides is 2. The van der Waals surface area contributed by atoms with Gasteiger partial charge in [-0.15, -0.1) is 11.3 Å². The first-order valence-electron chi connectivity index (χ1n) is 11.1. The van der Waals surface area contributed by atoms with Crippen molar-refractivity contribution in [3.63, 3.8) is 0 Å². The number of likely N-dealkylation sites (tertiary alicyclic amines) is 1. The van der Waals surface area contributed by atoms with Gasteiger partial charge in [0, 0.05) is 36.3 Å². The lowest BCUT2D eigenvalue weighted by atomic mass is 9.97. The quantitative estimate of drug-likeness (QED) is 0.719. The van der Waals surface area contributed by atoms with Crippen LogP contribution in [0.4, 0.5) is 0 Å². The molecule has 2 heterocycles. The van der Waals surface area contributed by atoms with Crippen LogP contribution in [0.5, 0.6) is 0 Å². The average Bonchev–Trinajstić information content (AvgIpc) is 2.91. The molecule has 1 aromatic heterocycles. The minimum Gasteiger partial charge on any atom is -0.350 e. The summed E-state index contributed by atoms with van der Waals surface area (Å²) in [6, 6.07) is 8.43. The van der Waals surface area contributed by atoms with Crippen LogP contribution < -0.4 is 5.32 Å². The van der Waals surface area contributed by atoms with E-state index >= 15 is 0 Å². The molecule has 0 spiro atoms. The highest BCUT2D eigenvalue weighted by molar-refractivity contribution is 7.21. The second kappa shape index (κ2) is 10.4. The monoisotopic (exact) mass is 429 g/mol. The van der Waals surface area contributed by atoms with Gasteiger partial charge in [-0.2, -0.15) is 0 Å². The Morgan fingerprint density at radius 2 is 1.97 bits per heavy atom. The molecule has 1 aliphatic heterocycles. The summed E-state index contributed by atoms with van der Waals surface area (Å²) < 4.78 is 1.14. The van der Waals surface area contributed by atoms with Crippen molar-refractivity contribution in [2.24, 2.45) is 5.92 Å². The number of rotatable bonds is 7. The van der Waals surface area contributed by atoms with Gasteiger partial charge in [0.1, 0.15) is 0 Å². The van der Waals surface area contributed by atoms with Crippen molar-refractivity contribution < 1.29 is 9.59 Å². The molecule has 3 rings (SSSR count). The molecule has 0 aliphatic carbocycles. The molecule has 0 saturated carbocycles. The Kier molecular flexibility index (Phi) is 7.89. The van der Waals surface area contributed by atoms with Crippen molar-refractivity contribution in [1.82, 2.24) is 15.1 Å². The van der Waals surface area contributed by atoms with Crippen LogP contribution in [0.3, 0.4) is 0 Å². The minimum absolute atomic E-state index is 0.00128. The van der Waals surface area contributed by atoms with Crippen LogP contribution in [-0.2, 0) is 11.2 Å². The molecule has 1 N–H and O–H groups in total. The number of nitrogens with zero attached hydrogens (tertiary/aromatic N) is 2. The second-order valence-corrected chi connectivity index (χ2v) is 9.91. The summed E-state index contributed by atoms with van der Waals surface area (Å²) in [5.74, 6) is 0.237. The largest absolute Gasteiger partial charge is 0.350 e. The molecule has 5 nitrogen and oxygen atoms in total. The molecule has 1 fully saturated rings. The van der Waals surface area contributed by atoms with Crippen LogP contribution in [0.1, 0.15) is 54.8 Å². The van der Waals surface area contributed by atoms with E-state index in [-0.39, 0.29) is 23.8 Å². The Labute approximate surface area is 184 Å². The number of nitrogens with one attached hydrogen (secondary N) is 1. The minimum atomic E-state index is -0.00128. The van der Waals surface area contributed by atoms with Crippen molar-refractivity contribution in [3.8, 4) is 0 Å². The summed E-state index contributed by atoms with van der Waals surface area (Å²) in [6.45, 7) is 6.22. The topological polar surface area (TPSA) is 52.7 Å². The van der Waals surface area contributed by atoms with E-state index in [0.29, 0.717) is 6.54 Å². The van der Waals surface area contributed by atoms with Crippen LogP contribution in [0, 0.1) is 5.92 Å². The average molecular weight is 430 g/mol. The van der Waals surface area contributed by atoms with E-state index in [1.807, 2.05) is 40.1 Å². The normalized spacial score (nSPS) is 17.5. The number of likely N-dealkylation sites (N-methyl/N-ethyl adjacent to an activating group) is 1. The number of fused-ring (bicyclic) bond motifs is 1.